The van der Waals surface area contributed by atoms with E-state index in [1.165, 1.54) is 5.38 Å². The van der Waals surface area contributed by atoms with Gasteiger partial charge in [0.2, 0.25) is 0 Å². The van der Waals surface area contributed by atoms with Crippen LogP contribution in [0.2, 0.25) is 0 Å². The number of aromatic nitrogens is 1. The minimum Gasteiger partial charge on any atom is -0.543 e. The molecule has 0 unspecified atom stereocenters. The lowest BCUT2D eigenvalue weighted by Crippen LogP contribution is -2.22. The predicted molar refractivity (Wildman–Crippen MR) is 94.0 cm³/mol. The number of carbonyl (C=O) groups is 1. The molecule has 0 amide bonds. The van der Waals surface area contributed by atoms with Crippen molar-refractivity contribution in [3.8, 4) is 5.75 Å². The van der Waals surface area contributed by atoms with E-state index in [4.69, 9.17) is 4.74 Å². The van der Waals surface area contributed by atoms with Crippen LogP contribution in [0.5, 0.6) is 5.75 Å². The lowest BCUT2D eigenvalue weighted by atomic mass is 10.1. The van der Waals surface area contributed by atoms with Gasteiger partial charge in [-0.3, -0.25) is 0 Å². The van der Waals surface area contributed by atoms with Crippen LogP contribution >= 0.6 is 27.3 Å². The number of halogens is 4. The zero-order valence-corrected chi connectivity index (χ0v) is 15.9. The number of thiazole rings is 1. The van der Waals surface area contributed by atoms with Crippen molar-refractivity contribution in [2.45, 2.75) is 13.0 Å². The fourth-order valence-electron chi connectivity index (χ4n) is 2.34. The lowest BCUT2D eigenvalue weighted by molar-refractivity contribution is -0.255. The Bertz CT molecular complexity index is 986. The summed E-state index contributed by atoms with van der Waals surface area (Å²) in [6.45, 7) is -0.436. The summed E-state index contributed by atoms with van der Waals surface area (Å²) >= 11 is 4.47. The third-order valence-corrected chi connectivity index (χ3v) is 4.94. The Morgan fingerprint density at radius 3 is 2.52 bits per heavy atom. The van der Waals surface area contributed by atoms with E-state index in [0.717, 1.165) is 15.8 Å². The molecule has 140 valence electrons. The van der Waals surface area contributed by atoms with E-state index in [2.05, 4.69) is 20.9 Å². The summed E-state index contributed by atoms with van der Waals surface area (Å²) in [7, 11) is 0. The lowest BCUT2D eigenvalue weighted by Gasteiger charge is -2.12. The maximum atomic E-state index is 13.8. The van der Waals surface area contributed by atoms with Gasteiger partial charge in [-0.1, -0.05) is 15.9 Å². The summed E-state index contributed by atoms with van der Waals surface area (Å²) in [4.78, 5) is 14.8. The van der Waals surface area contributed by atoms with Gasteiger partial charge in [-0.15, -0.1) is 11.3 Å². The second kappa shape index (κ2) is 8.10. The van der Waals surface area contributed by atoms with Gasteiger partial charge in [-0.2, -0.15) is 0 Å². The molecule has 2 aromatic carbocycles. The summed E-state index contributed by atoms with van der Waals surface area (Å²) in [5.74, 6) is -4.11. The topological polar surface area (TPSA) is 62.2 Å². The number of ether oxygens (including phenoxy) is 1. The zero-order chi connectivity index (χ0) is 19.6. The zero-order valence-electron chi connectivity index (χ0n) is 13.5. The summed E-state index contributed by atoms with van der Waals surface area (Å²) in [6.07, 6.45) is 0.251. The van der Waals surface area contributed by atoms with E-state index in [-0.39, 0.29) is 12.1 Å². The first-order chi connectivity index (χ1) is 12.8. The fourth-order valence-corrected chi connectivity index (χ4v) is 3.53. The van der Waals surface area contributed by atoms with Crippen molar-refractivity contribution in [1.29, 1.82) is 0 Å². The number of hydrogen-bond acceptors (Lipinski definition) is 5. The second-order valence-corrected chi connectivity index (χ2v) is 7.34. The molecule has 0 atom stereocenters. The minimum absolute atomic E-state index is 0.164. The molecule has 0 aliphatic heterocycles. The maximum absolute atomic E-state index is 13.8. The molecule has 0 aliphatic carbocycles. The fraction of sp³-hybridized carbons (Fsp3) is 0.111. The number of hydrogen-bond donors (Lipinski definition) is 0. The second-order valence-electron chi connectivity index (χ2n) is 5.48. The first-order valence-corrected chi connectivity index (χ1v) is 9.21. The van der Waals surface area contributed by atoms with Gasteiger partial charge < -0.3 is 14.6 Å². The number of carbonyl (C=O) groups excluding carboxylic acids is 1. The molecule has 0 saturated carbocycles. The highest BCUT2D eigenvalue weighted by Crippen LogP contribution is 2.28. The number of rotatable bonds is 6. The van der Waals surface area contributed by atoms with Crippen LogP contribution in [0, 0.1) is 17.5 Å². The van der Waals surface area contributed by atoms with Crippen LogP contribution in [0.3, 0.4) is 0 Å². The standard InChI is InChI=1S/C18H11BrF3NO3S/c19-10-1-2-16(26-7-12-13(21)5-11(20)6-14(12)22)9(3-10)4-17-23-15(8-27-17)18(24)25/h1-3,5-6,8H,4,7H2,(H,24,25)/p-1. The van der Waals surface area contributed by atoms with Gasteiger partial charge in [0, 0.05) is 34.0 Å². The molecule has 4 nitrogen and oxygen atoms in total. The van der Waals surface area contributed by atoms with Crippen LogP contribution in [-0.2, 0) is 13.0 Å². The van der Waals surface area contributed by atoms with Crippen LogP contribution in [0.4, 0.5) is 13.2 Å². The average Bonchev–Trinajstić information content (AvgIpc) is 3.04. The molecule has 1 heterocycles. The Labute approximate surface area is 164 Å². The van der Waals surface area contributed by atoms with Crippen molar-refractivity contribution >= 4 is 33.2 Å². The van der Waals surface area contributed by atoms with Gasteiger partial charge in [-0.25, -0.2) is 18.2 Å². The number of benzene rings is 2. The van der Waals surface area contributed by atoms with Gasteiger partial charge in [0.25, 0.3) is 0 Å². The summed E-state index contributed by atoms with van der Waals surface area (Å²) in [6, 6.07) is 6.19. The molecule has 3 aromatic rings. The van der Waals surface area contributed by atoms with Gasteiger partial charge in [0.05, 0.1) is 22.2 Å². The first-order valence-electron chi connectivity index (χ1n) is 7.54. The SMILES string of the molecule is O=C([O-])c1csc(Cc2cc(Br)ccc2OCc2c(F)cc(F)cc2F)n1. The molecule has 27 heavy (non-hydrogen) atoms. The van der Waals surface area contributed by atoms with Gasteiger partial charge in [0.1, 0.15) is 29.8 Å². The normalized spacial score (nSPS) is 10.8. The van der Waals surface area contributed by atoms with Crippen molar-refractivity contribution in [2.24, 2.45) is 0 Å². The van der Waals surface area contributed by atoms with E-state index < -0.39 is 35.6 Å². The van der Waals surface area contributed by atoms with Gasteiger partial charge in [-0.05, 0) is 18.2 Å². The van der Waals surface area contributed by atoms with E-state index in [9.17, 15) is 23.1 Å². The Kier molecular flexibility index (Phi) is 5.81. The predicted octanol–water partition coefficient (Wildman–Crippen LogP) is 3.86. The van der Waals surface area contributed by atoms with Crippen LogP contribution in [-0.4, -0.2) is 11.0 Å². The highest BCUT2D eigenvalue weighted by atomic mass is 79.9. The van der Waals surface area contributed by atoms with Crippen LogP contribution in [0.1, 0.15) is 26.6 Å². The minimum atomic E-state index is -1.37. The van der Waals surface area contributed by atoms with Gasteiger partial charge in [0.15, 0.2) is 0 Å². The van der Waals surface area contributed by atoms with Crippen LogP contribution < -0.4 is 9.84 Å². The molecule has 1 aromatic heterocycles. The van der Waals surface area contributed by atoms with Gasteiger partial charge >= 0.3 is 0 Å². The summed E-state index contributed by atoms with van der Waals surface area (Å²) < 4.78 is 46.8. The van der Waals surface area contributed by atoms with E-state index in [0.29, 0.717) is 28.5 Å². The van der Waals surface area contributed by atoms with Crippen molar-refractivity contribution in [1.82, 2.24) is 4.98 Å². The third kappa shape index (κ3) is 4.67. The number of aromatic carboxylic acids is 1. The monoisotopic (exact) mass is 456 g/mol. The molecular weight excluding hydrogens is 447 g/mol. The summed E-state index contributed by atoms with van der Waals surface area (Å²) in [5.41, 5.74) is 0.0771. The first kappa shape index (κ1) is 19.4. The third-order valence-electron chi connectivity index (χ3n) is 3.60. The quantitative estimate of drug-likeness (QED) is 0.564. The van der Waals surface area contributed by atoms with E-state index in [1.807, 2.05) is 0 Å². The van der Waals surface area contributed by atoms with E-state index >= 15 is 0 Å². The Morgan fingerprint density at radius 2 is 1.89 bits per heavy atom. The highest BCUT2D eigenvalue weighted by Gasteiger charge is 2.14. The number of carboxylic acids is 1. The van der Waals surface area contributed by atoms with E-state index in [1.54, 1.807) is 18.2 Å². The Morgan fingerprint density at radius 1 is 1.19 bits per heavy atom. The number of nitrogens with zero attached hydrogens (tertiary/aromatic N) is 1. The molecular formula is C18H10BrF3NO3S-. The molecule has 0 fully saturated rings. The highest BCUT2D eigenvalue weighted by molar-refractivity contribution is 9.10. The number of carboxylic acid groups (broad SMARTS) is 1. The maximum Gasteiger partial charge on any atom is 0.135 e. The molecule has 0 spiro atoms. The molecule has 0 radical (unpaired) electrons. The summed E-state index contributed by atoms with van der Waals surface area (Å²) in [5, 5.41) is 12.7. The largest absolute Gasteiger partial charge is 0.543 e. The van der Waals surface area contributed by atoms with Crippen LogP contribution in [0.15, 0.2) is 40.2 Å². The van der Waals surface area contributed by atoms with Crippen molar-refractivity contribution in [3.05, 3.63) is 79.5 Å². The molecule has 9 heteroatoms. The molecule has 0 bridgehead atoms. The smallest absolute Gasteiger partial charge is 0.135 e. The molecule has 0 aliphatic rings. The molecule has 0 saturated heterocycles. The average molecular weight is 457 g/mol. The van der Waals surface area contributed by atoms with Crippen LogP contribution in [0.25, 0.3) is 0 Å². The molecule has 0 N–H and O–H groups in total. The Balaban J connectivity index is 1.83. The van der Waals surface area contributed by atoms with Crippen molar-refractivity contribution in [2.75, 3.05) is 0 Å². The van der Waals surface area contributed by atoms with Crippen molar-refractivity contribution < 1.29 is 27.8 Å². The molecule has 3 rings (SSSR count). The van der Waals surface area contributed by atoms with Crippen molar-refractivity contribution in [3.63, 3.8) is 0 Å². The Hall–Kier alpha value is -2.39.